The summed E-state index contributed by atoms with van der Waals surface area (Å²) in [5.74, 6) is 0. The van der Waals surface area contributed by atoms with Gasteiger partial charge < -0.3 is 9.16 Å². The van der Waals surface area contributed by atoms with Crippen LogP contribution in [0.15, 0.2) is 153 Å². The topological polar surface area (TPSA) is 73.3 Å². The van der Waals surface area contributed by atoms with Gasteiger partial charge in [0.15, 0.2) is 6.23 Å². The fourth-order valence-corrected chi connectivity index (χ4v) is 14.1. The van der Waals surface area contributed by atoms with E-state index in [1.165, 1.54) is 21.0 Å². The van der Waals surface area contributed by atoms with Crippen LogP contribution in [0, 0.1) is 0 Å². The van der Waals surface area contributed by atoms with Crippen molar-refractivity contribution in [1.29, 1.82) is 0 Å². The van der Waals surface area contributed by atoms with Gasteiger partial charge in [0.1, 0.15) is 4.08 Å². The molecule has 0 radical (unpaired) electrons. The normalized spacial score (nSPS) is 18.0. The number of rotatable bonds is 10. The van der Waals surface area contributed by atoms with Gasteiger partial charge in [0.05, 0.1) is 12.7 Å². The molecule has 46 heavy (non-hydrogen) atoms. The molecule has 1 fully saturated rings. The Labute approximate surface area is 279 Å². The quantitative estimate of drug-likeness (QED) is 0.133. The fraction of sp³-hybridized carbons (Fsp3) is 0.243. The van der Waals surface area contributed by atoms with Gasteiger partial charge in [0.25, 0.3) is 13.9 Å². The molecule has 1 N–H and O–H groups in total. The lowest BCUT2D eigenvalue weighted by atomic mass is 10.2. The Morgan fingerprint density at radius 3 is 1.72 bits per heavy atom. The molecule has 0 amide bonds. The molecule has 2 heterocycles. The highest BCUT2D eigenvalue weighted by Crippen LogP contribution is 2.59. The van der Waals surface area contributed by atoms with Crippen LogP contribution >= 0.6 is 23.5 Å². The van der Waals surface area contributed by atoms with Crippen LogP contribution in [0.5, 0.6) is 0 Å². The van der Waals surface area contributed by atoms with Crippen LogP contribution in [-0.4, -0.2) is 34.7 Å². The van der Waals surface area contributed by atoms with E-state index < -0.39 is 29.9 Å². The number of ether oxygens (including phenoxy) is 1. The second-order valence-corrected chi connectivity index (χ2v) is 19.8. The molecular weight excluding hydrogens is 629 g/mol. The van der Waals surface area contributed by atoms with Crippen molar-refractivity contribution < 1.29 is 9.16 Å². The second-order valence-electron chi connectivity index (χ2n) is 12.4. The summed E-state index contributed by atoms with van der Waals surface area (Å²) < 4.78 is 15.1. The van der Waals surface area contributed by atoms with E-state index in [0.29, 0.717) is 13.0 Å². The van der Waals surface area contributed by atoms with E-state index >= 15 is 0 Å². The number of aromatic amines is 1. The summed E-state index contributed by atoms with van der Waals surface area (Å²) in [6.07, 6.45) is 1.11. The first-order valence-electron chi connectivity index (χ1n) is 15.4. The Morgan fingerprint density at radius 2 is 1.26 bits per heavy atom. The molecule has 0 spiro atoms. The van der Waals surface area contributed by atoms with E-state index in [9.17, 15) is 9.59 Å². The van der Waals surface area contributed by atoms with Gasteiger partial charge in [-0.3, -0.25) is 14.3 Å². The molecule has 5 aromatic rings. The summed E-state index contributed by atoms with van der Waals surface area (Å²) >= 11 is 3.37. The van der Waals surface area contributed by atoms with Crippen LogP contribution in [0.3, 0.4) is 0 Å². The van der Waals surface area contributed by atoms with Gasteiger partial charge in [-0.1, -0.05) is 118 Å². The third kappa shape index (κ3) is 6.61. The summed E-state index contributed by atoms with van der Waals surface area (Å²) in [5.41, 5.74) is -0.944. The highest BCUT2D eigenvalue weighted by atomic mass is 32.2. The molecule has 1 aliphatic rings. The van der Waals surface area contributed by atoms with Gasteiger partial charge in [0, 0.05) is 28.5 Å². The molecule has 0 bridgehead atoms. The van der Waals surface area contributed by atoms with Crippen molar-refractivity contribution in [2.45, 2.75) is 58.4 Å². The summed E-state index contributed by atoms with van der Waals surface area (Å²) in [6.45, 7) is 7.13. The number of H-pyrrole nitrogens is 1. The van der Waals surface area contributed by atoms with Crippen LogP contribution in [0.4, 0.5) is 0 Å². The Hall–Kier alpha value is -3.60. The molecule has 236 valence electrons. The first-order chi connectivity index (χ1) is 22.2. The minimum absolute atomic E-state index is 0.196. The van der Waals surface area contributed by atoms with Crippen molar-refractivity contribution in [2.75, 3.05) is 6.61 Å². The molecule has 4 aromatic carbocycles. The van der Waals surface area contributed by atoms with Crippen LogP contribution in [-0.2, 0) is 9.16 Å². The van der Waals surface area contributed by atoms with E-state index in [2.05, 4.69) is 98.6 Å². The summed E-state index contributed by atoms with van der Waals surface area (Å²) in [4.78, 5) is 30.0. The van der Waals surface area contributed by atoms with Crippen molar-refractivity contribution in [3.8, 4) is 0 Å². The molecule has 0 saturated carbocycles. The number of benzene rings is 4. The number of aromatic nitrogens is 2. The highest BCUT2D eigenvalue weighted by Gasteiger charge is 2.55. The minimum Gasteiger partial charge on any atom is -0.405 e. The molecule has 1 unspecified atom stereocenters. The molecular formula is C37H38N2O4S2Si. The van der Waals surface area contributed by atoms with Gasteiger partial charge in [-0.25, -0.2) is 4.79 Å². The van der Waals surface area contributed by atoms with Crippen LogP contribution in [0.25, 0.3) is 0 Å². The Balaban J connectivity index is 1.44. The second kappa shape index (κ2) is 13.6. The molecule has 9 heteroatoms. The summed E-state index contributed by atoms with van der Waals surface area (Å²) in [6, 6.07) is 42.9. The largest absolute Gasteiger partial charge is 0.405 e. The lowest BCUT2D eigenvalue weighted by Crippen LogP contribution is -2.67. The predicted molar refractivity (Wildman–Crippen MR) is 191 cm³/mol. The molecule has 1 aliphatic heterocycles. The Kier molecular flexibility index (Phi) is 9.58. The third-order valence-corrected chi connectivity index (χ3v) is 16.2. The Bertz CT molecular complexity index is 1760. The predicted octanol–water partition coefficient (Wildman–Crippen LogP) is 6.68. The number of nitrogens with zero attached hydrogens (tertiary/aromatic N) is 1. The zero-order chi connectivity index (χ0) is 32.2. The van der Waals surface area contributed by atoms with E-state index in [4.69, 9.17) is 9.16 Å². The van der Waals surface area contributed by atoms with Crippen molar-refractivity contribution in [1.82, 2.24) is 9.55 Å². The summed E-state index contributed by atoms with van der Waals surface area (Å²) in [5, 5.41) is 2.20. The summed E-state index contributed by atoms with van der Waals surface area (Å²) in [7, 11) is -2.84. The molecule has 0 aliphatic carbocycles. The van der Waals surface area contributed by atoms with Crippen molar-refractivity contribution >= 4 is 42.2 Å². The lowest BCUT2D eigenvalue weighted by molar-refractivity contribution is -0.0223. The monoisotopic (exact) mass is 666 g/mol. The van der Waals surface area contributed by atoms with Gasteiger partial charge in [-0.2, -0.15) is 0 Å². The molecule has 1 aromatic heterocycles. The molecule has 6 nitrogen and oxygen atoms in total. The maximum absolute atomic E-state index is 13.3. The zero-order valence-corrected chi connectivity index (χ0v) is 28.8. The van der Waals surface area contributed by atoms with Crippen molar-refractivity contribution in [3.05, 3.63) is 154 Å². The fourth-order valence-electron chi connectivity index (χ4n) is 6.30. The average molecular weight is 667 g/mol. The van der Waals surface area contributed by atoms with Gasteiger partial charge in [-0.05, 0) is 39.7 Å². The van der Waals surface area contributed by atoms with Crippen LogP contribution in [0.2, 0.25) is 5.04 Å². The molecule has 1 saturated heterocycles. The molecule has 6 rings (SSSR count). The Morgan fingerprint density at radius 1 is 0.783 bits per heavy atom. The number of hydrogen-bond acceptors (Lipinski definition) is 6. The SMILES string of the molecule is CC(C)(C)[Si](OC[C@@H]1CC(Sc2ccccc2)(Sc2ccccc2)C(n2ccc(=O)[nH]c2=O)O1)(c1ccccc1)c1ccccc1. The van der Waals surface area contributed by atoms with Crippen molar-refractivity contribution in [2.24, 2.45) is 0 Å². The maximum atomic E-state index is 13.3. The van der Waals surface area contributed by atoms with E-state index in [-0.39, 0.29) is 11.1 Å². The van der Waals surface area contributed by atoms with E-state index in [1.54, 1.807) is 29.7 Å². The number of nitrogens with one attached hydrogen (secondary N) is 1. The zero-order valence-electron chi connectivity index (χ0n) is 26.2. The minimum atomic E-state index is -2.84. The standard InChI is InChI=1S/C37H38N2O4S2Si/c1-36(2,3)46(31-20-12-6-13-21-31,32-22-14-7-15-23-32)42-27-28-26-37(44-29-16-8-4-9-17-29,45-30-18-10-5-11-19-30)34(43-28)39-25-24-33(40)38-35(39)41/h4-25,28,34H,26-27H2,1-3H3,(H,38,40,41)/t28-,34?/m0/s1. The van der Waals surface area contributed by atoms with E-state index in [0.717, 1.165) is 9.79 Å². The van der Waals surface area contributed by atoms with E-state index in [1.807, 2.05) is 48.5 Å². The van der Waals surface area contributed by atoms with Gasteiger partial charge in [-0.15, -0.1) is 23.5 Å². The molecule has 2 atom stereocenters. The number of hydrogen-bond donors (Lipinski definition) is 1. The third-order valence-electron chi connectivity index (χ3n) is 8.28. The van der Waals surface area contributed by atoms with Gasteiger partial charge >= 0.3 is 5.69 Å². The van der Waals surface area contributed by atoms with Crippen LogP contribution < -0.4 is 21.6 Å². The van der Waals surface area contributed by atoms with Gasteiger partial charge in [0.2, 0.25) is 0 Å². The lowest BCUT2D eigenvalue weighted by Gasteiger charge is -2.43. The first-order valence-corrected chi connectivity index (χ1v) is 18.9. The highest BCUT2D eigenvalue weighted by molar-refractivity contribution is 8.18. The maximum Gasteiger partial charge on any atom is 0.330 e. The average Bonchev–Trinajstić information content (AvgIpc) is 3.39. The first kappa shape index (κ1) is 32.3. The number of thioether (sulfide) groups is 2. The van der Waals surface area contributed by atoms with Crippen molar-refractivity contribution in [3.63, 3.8) is 0 Å². The van der Waals surface area contributed by atoms with Crippen LogP contribution in [0.1, 0.15) is 33.4 Å². The smallest absolute Gasteiger partial charge is 0.330 e.